The van der Waals surface area contributed by atoms with Gasteiger partial charge in [-0.15, -0.1) is 0 Å². The zero-order valence-electron chi connectivity index (χ0n) is 9.40. The summed E-state index contributed by atoms with van der Waals surface area (Å²) in [6.07, 6.45) is 1.95. The number of aromatic hydroxyl groups is 1. The van der Waals surface area contributed by atoms with Crippen LogP contribution in [-0.4, -0.2) is 33.3 Å². The van der Waals surface area contributed by atoms with Gasteiger partial charge in [-0.1, -0.05) is 6.92 Å². The molecule has 0 aliphatic rings. The Morgan fingerprint density at radius 3 is 2.88 bits per heavy atom. The second-order valence-electron chi connectivity index (χ2n) is 3.90. The van der Waals surface area contributed by atoms with Crippen molar-refractivity contribution in [2.24, 2.45) is 0 Å². The first kappa shape index (κ1) is 12.4. The smallest absolute Gasteiger partial charge is 0.273 e. The zero-order valence-corrected chi connectivity index (χ0v) is 9.40. The third-order valence-corrected chi connectivity index (χ3v) is 2.39. The molecular formula is C11H16N2O3. The highest BCUT2D eigenvalue weighted by Crippen LogP contribution is 2.13. The molecule has 1 heterocycles. The van der Waals surface area contributed by atoms with E-state index in [9.17, 15) is 15.0 Å². The van der Waals surface area contributed by atoms with E-state index in [4.69, 9.17) is 0 Å². The Morgan fingerprint density at radius 2 is 2.31 bits per heavy atom. The number of nitrogens with one attached hydrogen (secondary N) is 1. The Labute approximate surface area is 94.1 Å². The number of hydrogen-bond acceptors (Lipinski definition) is 4. The van der Waals surface area contributed by atoms with Crippen LogP contribution in [0.5, 0.6) is 5.75 Å². The lowest BCUT2D eigenvalue weighted by atomic mass is 10.0. The summed E-state index contributed by atoms with van der Waals surface area (Å²) in [7, 11) is 0. The van der Waals surface area contributed by atoms with Crippen molar-refractivity contribution in [2.75, 3.05) is 6.54 Å². The summed E-state index contributed by atoms with van der Waals surface area (Å²) >= 11 is 0. The summed E-state index contributed by atoms with van der Waals surface area (Å²) in [5.74, 6) is -0.664. The highest BCUT2D eigenvalue weighted by atomic mass is 16.3. The van der Waals surface area contributed by atoms with E-state index in [1.54, 1.807) is 6.92 Å². The minimum atomic E-state index is -0.944. The van der Waals surface area contributed by atoms with Crippen LogP contribution in [0.4, 0.5) is 0 Å². The van der Waals surface area contributed by atoms with Crippen LogP contribution in [0, 0.1) is 0 Å². The van der Waals surface area contributed by atoms with Crippen LogP contribution in [0.2, 0.25) is 0 Å². The van der Waals surface area contributed by atoms with Crippen LogP contribution in [-0.2, 0) is 0 Å². The van der Waals surface area contributed by atoms with Crippen molar-refractivity contribution in [1.29, 1.82) is 0 Å². The van der Waals surface area contributed by atoms with Gasteiger partial charge >= 0.3 is 0 Å². The third-order valence-electron chi connectivity index (χ3n) is 2.39. The fourth-order valence-corrected chi connectivity index (χ4v) is 1.05. The molecule has 0 saturated heterocycles. The minimum absolute atomic E-state index is 0.0330. The van der Waals surface area contributed by atoms with Crippen molar-refractivity contribution in [3.63, 3.8) is 0 Å². The number of aliphatic hydroxyl groups is 1. The monoisotopic (exact) mass is 224 g/mol. The maximum absolute atomic E-state index is 11.6. The molecule has 0 radical (unpaired) electrons. The third kappa shape index (κ3) is 3.20. The number of nitrogens with zero attached hydrogens (tertiary/aromatic N) is 1. The van der Waals surface area contributed by atoms with Gasteiger partial charge in [0.25, 0.3) is 5.91 Å². The quantitative estimate of drug-likeness (QED) is 0.702. The molecule has 0 saturated carbocycles. The second-order valence-corrected chi connectivity index (χ2v) is 3.90. The maximum atomic E-state index is 11.6. The molecule has 0 bridgehead atoms. The fourth-order valence-electron chi connectivity index (χ4n) is 1.05. The molecule has 16 heavy (non-hydrogen) atoms. The summed E-state index contributed by atoms with van der Waals surface area (Å²) in [6.45, 7) is 3.58. The van der Waals surface area contributed by atoms with E-state index in [2.05, 4.69) is 10.3 Å². The van der Waals surface area contributed by atoms with E-state index < -0.39 is 11.5 Å². The van der Waals surface area contributed by atoms with E-state index in [1.165, 1.54) is 18.3 Å². The van der Waals surface area contributed by atoms with Crippen LogP contribution in [0.25, 0.3) is 0 Å². The van der Waals surface area contributed by atoms with Crippen LogP contribution in [0.3, 0.4) is 0 Å². The first-order valence-corrected chi connectivity index (χ1v) is 5.11. The van der Waals surface area contributed by atoms with Gasteiger partial charge < -0.3 is 15.5 Å². The molecular weight excluding hydrogens is 208 g/mol. The first-order chi connectivity index (χ1) is 7.46. The van der Waals surface area contributed by atoms with Gasteiger partial charge in [-0.05, 0) is 25.5 Å². The normalized spacial score (nSPS) is 14.2. The molecule has 1 amide bonds. The van der Waals surface area contributed by atoms with E-state index in [0.29, 0.717) is 6.42 Å². The summed E-state index contributed by atoms with van der Waals surface area (Å²) in [6, 6.07) is 2.92. The van der Waals surface area contributed by atoms with Crippen molar-refractivity contribution in [2.45, 2.75) is 25.9 Å². The van der Waals surface area contributed by atoms with Gasteiger partial charge in [0.1, 0.15) is 5.75 Å². The average Bonchev–Trinajstić information content (AvgIpc) is 2.27. The highest BCUT2D eigenvalue weighted by molar-refractivity contribution is 5.94. The second kappa shape index (κ2) is 4.94. The molecule has 3 N–H and O–H groups in total. The van der Waals surface area contributed by atoms with Gasteiger partial charge in [0.15, 0.2) is 5.69 Å². The number of carbonyl (C=O) groups excluding carboxylic acids is 1. The van der Waals surface area contributed by atoms with Gasteiger partial charge in [0.05, 0.1) is 5.60 Å². The van der Waals surface area contributed by atoms with Gasteiger partial charge in [-0.3, -0.25) is 4.79 Å². The number of rotatable bonds is 4. The summed E-state index contributed by atoms with van der Waals surface area (Å²) in [5.41, 5.74) is -0.977. The van der Waals surface area contributed by atoms with E-state index in [-0.39, 0.29) is 18.0 Å². The Balaban J connectivity index is 2.64. The molecule has 1 aromatic rings. The van der Waals surface area contributed by atoms with Crippen molar-refractivity contribution < 1.29 is 15.0 Å². The maximum Gasteiger partial charge on any atom is 0.273 e. The van der Waals surface area contributed by atoms with Crippen LogP contribution < -0.4 is 5.32 Å². The lowest BCUT2D eigenvalue weighted by molar-refractivity contribution is 0.0516. The van der Waals surface area contributed by atoms with Gasteiger partial charge in [-0.25, -0.2) is 4.98 Å². The van der Waals surface area contributed by atoms with E-state index in [0.717, 1.165) is 0 Å². The predicted molar refractivity (Wildman–Crippen MR) is 59.1 cm³/mol. The molecule has 0 fully saturated rings. The largest absolute Gasteiger partial charge is 0.505 e. The lowest BCUT2D eigenvalue weighted by Gasteiger charge is -2.21. The minimum Gasteiger partial charge on any atom is -0.505 e. The summed E-state index contributed by atoms with van der Waals surface area (Å²) < 4.78 is 0. The molecule has 0 aromatic carbocycles. The molecule has 5 nitrogen and oxygen atoms in total. The molecule has 1 unspecified atom stereocenters. The first-order valence-electron chi connectivity index (χ1n) is 5.11. The Hall–Kier alpha value is -1.62. The van der Waals surface area contributed by atoms with Gasteiger partial charge in [0, 0.05) is 12.7 Å². The predicted octanol–water partition coefficient (Wildman–Crippen LogP) is 0.678. The molecule has 1 atom stereocenters. The number of hydrogen-bond donors (Lipinski definition) is 3. The van der Waals surface area contributed by atoms with Crippen molar-refractivity contribution in [1.82, 2.24) is 10.3 Å². The highest BCUT2D eigenvalue weighted by Gasteiger charge is 2.20. The SMILES string of the molecule is CCC(C)(O)CNC(=O)c1ncccc1O. The van der Waals surface area contributed by atoms with Crippen LogP contribution in [0.1, 0.15) is 30.8 Å². The molecule has 0 aliphatic heterocycles. The molecule has 1 rings (SSSR count). The number of carbonyl (C=O) groups is 1. The van der Waals surface area contributed by atoms with Crippen molar-refractivity contribution in [3.05, 3.63) is 24.0 Å². The lowest BCUT2D eigenvalue weighted by Crippen LogP contribution is -2.40. The standard InChI is InChI=1S/C11H16N2O3/c1-3-11(2,16)7-13-10(15)9-8(14)5-4-6-12-9/h4-6,14,16H,3,7H2,1-2H3,(H,13,15). The summed E-state index contributed by atoms with van der Waals surface area (Å²) in [4.78, 5) is 15.3. The van der Waals surface area contributed by atoms with Crippen molar-refractivity contribution >= 4 is 5.91 Å². The van der Waals surface area contributed by atoms with Gasteiger partial charge in [0.2, 0.25) is 0 Å². The Bertz CT molecular complexity index is 377. The van der Waals surface area contributed by atoms with Crippen LogP contribution in [0.15, 0.2) is 18.3 Å². The molecule has 0 aliphatic carbocycles. The average molecular weight is 224 g/mol. The van der Waals surface area contributed by atoms with E-state index >= 15 is 0 Å². The molecule has 0 spiro atoms. The topological polar surface area (TPSA) is 82.5 Å². The number of amides is 1. The molecule has 88 valence electrons. The molecule has 5 heteroatoms. The zero-order chi connectivity index (χ0) is 12.2. The van der Waals surface area contributed by atoms with Crippen molar-refractivity contribution in [3.8, 4) is 5.75 Å². The number of pyridine rings is 1. The Kier molecular flexibility index (Phi) is 3.84. The van der Waals surface area contributed by atoms with Crippen LogP contribution >= 0.6 is 0 Å². The van der Waals surface area contributed by atoms with Gasteiger partial charge in [-0.2, -0.15) is 0 Å². The van der Waals surface area contributed by atoms with E-state index in [1.807, 2.05) is 6.92 Å². The summed E-state index contributed by atoms with van der Waals surface area (Å²) in [5, 5.41) is 21.6. The molecule has 1 aromatic heterocycles. The number of aromatic nitrogens is 1. The Morgan fingerprint density at radius 1 is 1.62 bits per heavy atom. The fraction of sp³-hybridized carbons (Fsp3) is 0.455.